The number of benzene rings is 3. The van der Waals surface area contributed by atoms with Crippen LogP contribution in [0.1, 0.15) is 42.5 Å². The van der Waals surface area contributed by atoms with Crippen LogP contribution in [-0.4, -0.2) is 28.8 Å². The molecule has 6 heteroatoms. The van der Waals surface area contributed by atoms with Crippen molar-refractivity contribution < 1.29 is 9.59 Å². The molecular weight excluding hydrogens is 479 g/mol. The maximum Gasteiger partial charge on any atom is 0.243 e. The first kappa shape index (κ1) is 26.8. The molecule has 3 rings (SSSR count). The average Bonchev–Trinajstić information content (AvgIpc) is 2.84. The summed E-state index contributed by atoms with van der Waals surface area (Å²) < 4.78 is 0. The van der Waals surface area contributed by atoms with Gasteiger partial charge in [0.25, 0.3) is 0 Å². The molecule has 2 atom stereocenters. The lowest BCUT2D eigenvalue weighted by Crippen LogP contribution is -2.52. The molecule has 0 saturated carbocycles. The predicted octanol–water partition coefficient (Wildman–Crippen LogP) is 6.40. The van der Waals surface area contributed by atoms with Crippen molar-refractivity contribution in [1.82, 2.24) is 10.2 Å². The number of rotatable bonds is 10. The van der Waals surface area contributed by atoms with Crippen molar-refractivity contribution in [3.63, 3.8) is 0 Å². The number of nitrogens with one attached hydrogen (secondary N) is 1. The molecule has 1 N–H and O–H groups in total. The van der Waals surface area contributed by atoms with E-state index in [1.165, 1.54) is 0 Å². The van der Waals surface area contributed by atoms with Crippen LogP contribution in [0.4, 0.5) is 0 Å². The van der Waals surface area contributed by atoms with Crippen LogP contribution >= 0.6 is 23.2 Å². The molecule has 35 heavy (non-hydrogen) atoms. The molecule has 0 radical (unpaired) electrons. The first-order valence-electron chi connectivity index (χ1n) is 11.9. The largest absolute Gasteiger partial charge is 0.352 e. The third-order valence-electron chi connectivity index (χ3n) is 6.05. The van der Waals surface area contributed by atoms with Gasteiger partial charge in [-0.3, -0.25) is 9.59 Å². The fraction of sp³-hybridized carbons (Fsp3) is 0.310. The van der Waals surface area contributed by atoms with E-state index in [-0.39, 0.29) is 30.8 Å². The van der Waals surface area contributed by atoms with Crippen LogP contribution in [0.3, 0.4) is 0 Å². The third-order valence-corrected chi connectivity index (χ3v) is 6.79. The summed E-state index contributed by atoms with van der Waals surface area (Å²) in [5.74, 6) is -0.289. The predicted molar refractivity (Wildman–Crippen MR) is 144 cm³/mol. The van der Waals surface area contributed by atoms with Gasteiger partial charge in [-0.25, -0.2) is 0 Å². The first-order chi connectivity index (χ1) is 16.8. The molecule has 0 heterocycles. The van der Waals surface area contributed by atoms with Crippen LogP contribution in [0.15, 0.2) is 72.8 Å². The SMILES string of the molecule is CC[C@@H](C)NC(=O)[C@@H](Cc1ccccc1)N(Cc1ccc(Cl)c(Cl)c1)C(=O)Cc1cccc(C)c1. The summed E-state index contributed by atoms with van der Waals surface area (Å²) in [6, 6.07) is 22.3. The Morgan fingerprint density at radius 3 is 2.26 bits per heavy atom. The van der Waals surface area contributed by atoms with Gasteiger partial charge in [-0.1, -0.05) is 96.4 Å². The number of carbonyl (C=O) groups is 2. The lowest BCUT2D eigenvalue weighted by Gasteiger charge is -2.32. The maximum atomic E-state index is 13.8. The summed E-state index contributed by atoms with van der Waals surface area (Å²) in [6.07, 6.45) is 1.41. The normalized spacial score (nSPS) is 12.6. The van der Waals surface area contributed by atoms with Gasteiger partial charge in [-0.2, -0.15) is 0 Å². The molecular formula is C29H32Cl2N2O2. The average molecular weight is 511 g/mol. The zero-order valence-corrected chi connectivity index (χ0v) is 21.9. The van der Waals surface area contributed by atoms with Crippen LogP contribution in [0.2, 0.25) is 10.0 Å². The van der Waals surface area contributed by atoms with Crippen molar-refractivity contribution in [1.29, 1.82) is 0 Å². The van der Waals surface area contributed by atoms with E-state index in [1.54, 1.807) is 17.0 Å². The van der Waals surface area contributed by atoms with Gasteiger partial charge in [0.1, 0.15) is 6.04 Å². The number of amides is 2. The highest BCUT2D eigenvalue weighted by atomic mass is 35.5. The second-order valence-corrected chi connectivity index (χ2v) is 9.77. The highest BCUT2D eigenvalue weighted by Gasteiger charge is 2.31. The molecule has 0 bridgehead atoms. The van der Waals surface area contributed by atoms with Crippen molar-refractivity contribution in [3.05, 3.63) is 105 Å². The number of nitrogens with zero attached hydrogens (tertiary/aromatic N) is 1. The summed E-state index contributed by atoms with van der Waals surface area (Å²) in [5.41, 5.74) is 3.79. The number of hydrogen-bond donors (Lipinski definition) is 1. The molecule has 3 aromatic carbocycles. The molecule has 0 aliphatic rings. The fourth-order valence-corrected chi connectivity index (χ4v) is 4.25. The van der Waals surface area contributed by atoms with E-state index in [9.17, 15) is 9.59 Å². The number of carbonyl (C=O) groups excluding carboxylic acids is 2. The van der Waals surface area contributed by atoms with Gasteiger partial charge in [0, 0.05) is 19.0 Å². The lowest BCUT2D eigenvalue weighted by molar-refractivity contribution is -0.141. The second kappa shape index (κ2) is 12.8. The topological polar surface area (TPSA) is 49.4 Å². The summed E-state index contributed by atoms with van der Waals surface area (Å²) in [4.78, 5) is 29.0. The van der Waals surface area contributed by atoms with Gasteiger partial charge < -0.3 is 10.2 Å². The quantitative estimate of drug-likeness (QED) is 0.343. The summed E-state index contributed by atoms with van der Waals surface area (Å²) >= 11 is 12.4. The minimum Gasteiger partial charge on any atom is -0.352 e. The molecule has 0 aliphatic carbocycles. The third kappa shape index (κ3) is 7.84. The van der Waals surface area contributed by atoms with Gasteiger partial charge in [-0.15, -0.1) is 0 Å². The number of hydrogen-bond acceptors (Lipinski definition) is 2. The Morgan fingerprint density at radius 1 is 0.886 bits per heavy atom. The minimum atomic E-state index is -0.682. The highest BCUT2D eigenvalue weighted by Crippen LogP contribution is 2.25. The molecule has 4 nitrogen and oxygen atoms in total. The molecule has 0 unspecified atom stereocenters. The minimum absolute atomic E-state index is 0.000486. The zero-order chi connectivity index (χ0) is 25.4. The van der Waals surface area contributed by atoms with Crippen LogP contribution in [0, 0.1) is 6.92 Å². The van der Waals surface area contributed by atoms with E-state index in [2.05, 4.69) is 5.32 Å². The molecule has 0 fully saturated rings. The molecule has 0 spiro atoms. The molecule has 0 saturated heterocycles. The van der Waals surface area contributed by atoms with Gasteiger partial charge in [0.15, 0.2) is 0 Å². The fourth-order valence-electron chi connectivity index (χ4n) is 3.93. The number of aryl methyl sites for hydroxylation is 1. The summed E-state index contributed by atoms with van der Waals surface area (Å²) in [5, 5.41) is 3.95. The Kier molecular flexibility index (Phi) is 9.76. The molecule has 2 amide bonds. The Hall–Kier alpha value is -2.82. The van der Waals surface area contributed by atoms with Gasteiger partial charge in [-0.05, 0) is 49.1 Å². The first-order valence-corrected chi connectivity index (χ1v) is 12.7. The molecule has 3 aromatic rings. The smallest absolute Gasteiger partial charge is 0.243 e. The Morgan fingerprint density at radius 2 is 1.60 bits per heavy atom. The van der Waals surface area contributed by atoms with E-state index in [0.717, 1.165) is 28.7 Å². The summed E-state index contributed by atoms with van der Waals surface area (Å²) in [7, 11) is 0. The molecule has 0 aliphatic heterocycles. The van der Waals surface area contributed by atoms with Crippen molar-refractivity contribution in [2.45, 2.75) is 58.7 Å². The molecule has 184 valence electrons. The molecule has 0 aromatic heterocycles. The highest BCUT2D eigenvalue weighted by molar-refractivity contribution is 6.42. The lowest BCUT2D eigenvalue weighted by atomic mass is 10.0. The Balaban J connectivity index is 1.99. The van der Waals surface area contributed by atoms with Crippen LogP contribution in [0.5, 0.6) is 0 Å². The van der Waals surface area contributed by atoms with Gasteiger partial charge in [0.05, 0.1) is 16.5 Å². The second-order valence-electron chi connectivity index (χ2n) is 8.96. The van der Waals surface area contributed by atoms with Crippen molar-refractivity contribution in [3.8, 4) is 0 Å². The van der Waals surface area contributed by atoms with Gasteiger partial charge >= 0.3 is 0 Å². The van der Waals surface area contributed by atoms with Crippen molar-refractivity contribution >= 4 is 35.0 Å². The van der Waals surface area contributed by atoms with E-state index in [4.69, 9.17) is 23.2 Å². The van der Waals surface area contributed by atoms with Gasteiger partial charge in [0.2, 0.25) is 11.8 Å². The van der Waals surface area contributed by atoms with Crippen molar-refractivity contribution in [2.75, 3.05) is 0 Å². The van der Waals surface area contributed by atoms with Crippen molar-refractivity contribution in [2.24, 2.45) is 0 Å². The van der Waals surface area contributed by atoms with Crippen LogP contribution in [-0.2, 0) is 29.0 Å². The maximum absolute atomic E-state index is 13.8. The summed E-state index contributed by atoms with van der Waals surface area (Å²) in [6.45, 7) is 6.23. The van der Waals surface area contributed by atoms with E-state index in [0.29, 0.717) is 16.5 Å². The van der Waals surface area contributed by atoms with E-state index < -0.39 is 6.04 Å². The van der Waals surface area contributed by atoms with Crippen LogP contribution in [0.25, 0.3) is 0 Å². The Labute approximate surface area is 218 Å². The zero-order valence-electron chi connectivity index (χ0n) is 20.4. The standard InChI is InChI=1S/C29H32Cl2N2O2/c1-4-21(3)32-29(35)27(17-22-10-6-5-7-11-22)33(19-24-13-14-25(30)26(31)16-24)28(34)18-23-12-8-9-20(2)15-23/h5-16,21,27H,4,17-19H2,1-3H3,(H,32,35)/t21-,27-/m1/s1. The monoisotopic (exact) mass is 510 g/mol. The Bertz CT molecular complexity index is 1150. The van der Waals surface area contributed by atoms with Crippen LogP contribution < -0.4 is 5.32 Å². The van der Waals surface area contributed by atoms with E-state index >= 15 is 0 Å². The van der Waals surface area contributed by atoms with E-state index in [1.807, 2.05) is 81.4 Å². The number of halogens is 2.